The van der Waals surface area contributed by atoms with Crippen LogP contribution in [-0.2, 0) is 14.3 Å². The van der Waals surface area contributed by atoms with Crippen LogP contribution in [0.1, 0.15) is 56.9 Å². The van der Waals surface area contributed by atoms with E-state index in [2.05, 4.69) is 5.32 Å². The Morgan fingerprint density at radius 2 is 1.92 bits per heavy atom. The van der Waals surface area contributed by atoms with Crippen LogP contribution in [0.2, 0.25) is 10.0 Å². The molecule has 0 unspecified atom stereocenters. The van der Waals surface area contributed by atoms with Gasteiger partial charge in [-0.1, -0.05) is 41.8 Å². The van der Waals surface area contributed by atoms with Gasteiger partial charge in [-0.25, -0.2) is 4.79 Å². The molecule has 1 heterocycles. The molecule has 1 aromatic rings. The van der Waals surface area contributed by atoms with Gasteiger partial charge in [0.2, 0.25) is 5.91 Å². The fraction of sp³-hybridized carbons (Fsp3) is 0.474. The summed E-state index contributed by atoms with van der Waals surface area (Å²) >= 11 is 12.5. The molecule has 1 aromatic carbocycles. The van der Waals surface area contributed by atoms with Gasteiger partial charge in [-0.3, -0.25) is 4.79 Å². The lowest BCUT2D eigenvalue weighted by atomic mass is 9.84. The maximum atomic E-state index is 12.9. The molecule has 0 bridgehead atoms. The fourth-order valence-corrected chi connectivity index (χ4v) is 4.06. The van der Waals surface area contributed by atoms with Crippen LogP contribution in [0.3, 0.4) is 0 Å². The molecular weight excluding hydrogens is 361 g/mol. The summed E-state index contributed by atoms with van der Waals surface area (Å²) in [5.74, 6) is -0.964. The largest absolute Gasteiger partial charge is 0.459 e. The summed E-state index contributed by atoms with van der Waals surface area (Å²) in [7, 11) is 0. The highest BCUT2D eigenvalue weighted by Crippen LogP contribution is 2.40. The lowest BCUT2D eigenvalue weighted by Crippen LogP contribution is -2.35. The lowest BCUT2D eigenvalue weighted by Gasteiger charge is -2.29. The number of amides is 1. The summed E-state index contributed by atoms with van der Waals surface area (Å²) in [5.41, 5.74) is 1.67. The van der Waals surface area contributed by atoms with E-state index in [1.165, 1.54) is 6.42 Å². The first-order valence-electron chi connectivity index (χ1n) is 8.63. The van der Waals surface area contributed by atoms with Crippen molar-refractivity contribution in [2.75, 3.05) is 0 Å². The van der Waals surface area contributed by atoms with Crippen LogP contribution in [0.15, 0.2) is 29.5 Å². The maximum absolute atomic E-state index is 12.9. The van der Waals surface area contributed by atoms with E-state index >= 15 is 0 Å². The summed E-state index contributed by atoms with van der Waals surface area (Å²) in [6, 6.07) is 5.26. The van der Waals surface area contributed by atoms with Gasteiger partial charge < -0.3 is 10.1 Å². The van der Waals surface area contributed by atoms with Gasteiger partial charge in [0.1, 0.15) is 6.10 Å². The van der Waals surface area contributed by atoms with E-state index < -0.39 is 5.92 Å². The zero-order chi connectivity index (χ0) is 18.0. The van der Waals surface area contributed by atoms with Gasteiger partial charge in [-0.15, -0.1) is 0 Å². The Morgan fingerprint density at radius 3 is 2.64 bits per heavy atom. The molecule has 0 spiro atoms. The number of hydrogen-bond acceptors (Lipinski definition) is 3. The monoisotopic (exact) mass is 381 g/mol. The Labute approximate surface area is 157 Å². The molecule has 1 N–H and O–H groups in total. The normalized spacial score (nSPS) is 21.9. The van der Waals surface area contributed by atoms with Crippen LogP contribution in [-0.4, -0.2) is 18.0 Å². The molecule has 1 atom stereocenters. The molecule has 0 saturated heterocycles. The minimum atomic E-state index is -0.448. The molecule has 0 radical (unpaired) electrons. The number of benzene rings is 1. The molecule has 0 aromatic heterocycles. The molecular formula is C19H21Cl2NO3. The van der Waals surface area contributed by atoms with Gasteiger partial charge in [0.05, 0.1) is 15.6 Å². The highest BCUT2D eigenvalue weighted by Gasteiger charge is 2.35. The average Bonchev–Trinajstić information content (AvgIpc) is 2.57. The lowest BCUT2D eigenvalue weighted by molar-refractivity contribution is -0.146. The number of carbonyl (C=O) groups excluding carboxylic acids is 2. The number of esters is 1. The second kappa shape index (κ2) is 7.79. The van der Waals surface area contributed by atoms with E-state index in [1.807, 2.05) is 0 Å². The summed E-state index contributed by atoms with van der Waals surface area (Å²) in [6.45, 7) is 1.72. The minimum absolute atomic E-state index is 0.0466. The van der Waals surface area contributed by atoms with Crippen molar-refractivity contribution in [2.24, 2.45) is 0 Å². The van der Waals surface area contributed by atoms with Crippen LogP contribution in [0.5, 0.6) is 0 Å². The molecule has 1 amide bonds. The first kappa shape index (κ1) is 18.3. The number of hydrogen-bond donors (Lipinski definition) is 1. The number of carbonyl (C=O) groups is 2. The van der Waals surface area contributed by atoms with Crippen molar-refractivity contribution in [1.29, 1.82) is 0 Å². The Morgan fingerprint density at radius 1 is 1.20 bits per heavy atom. The third-order valence-electron chi connectivity index (χ3n) is 4.87. The minimum Gasteiger partial charge on any atom is -0.459 e. The Bertz CT molecular complexity index is 723. The second-order valence-electron chi connectivity index (χ2n) is 6.65. The zero-order valence-corrected chi connectivity index (χ0v) is 15.6. The molecule has 1 saturated carbocycles. The summed E-state index contributed by atoms with van der Waals surface area (Å²) in [5, 5.41) is 3.53. The molecule has 1 aliphatic heterocycles. The Hall–Kier alpha value is -1.52. The standard InChI is InChI=1S/C19H21Cl2NO3/c1-11-17(19(24)25-12-6-3-2-4-7-12)14(10-16(23)22-11)13-8-5-9-15(20)18(13)21/h5,8-9,12,14H,2-4,6-7,10H2,1H3,(H,22,23)/t14-/m1/s1. The molecule has 1 aliphatic carbocycles. The van der Waals surface area contributed by atoms with Gasteiger partial charge in [0, 0.05) is 18.0 Å². The SMILES string of the molecule is CC1=C(C(=O)OC2CCCCC2)[C@@H](c2cccc(Cl)c2Cl)CC(=O)N1. The average molecular weight is 382 g/mol. The molecule has 6 heteroatoms. The number of nitrogens with one attached hydrogen (secondary N) is 1. The van der Waals surface area contributed by atoms with Crippen molar-refractivity contribution in [1.82, 2.24) is 5.32 Å². The topological polar surface area (TPSA) is 55.4 Å². The van der Waals surface area contributed by atoms with E-state index in [-0.39, 0.29) is 24.4 Å². The summed E-state index contributed by atoms with van der Waals surface area (Å²) in [6.07, 6.45) is 5.24. The van der Waals surface area contributed by atoms with E-state index in [0.717, 1.165) is 25.7 Å². The number of allylic oxidation sites excluding steroid dienone is 1. The van der Waals surface area contributed by atoms with Crippen LogP contribution in [0, 0.1) is 0 Å². The van der Waals surface area contributed by atoms with Gasteiger partial charge in [0.15, 0.2) is 0 Å². The van der Waals surface area contributed by atoms with Crippen LogP contribution < -0.4 is 5.32 Å². The molecule has 4 nitrogen and oxygen atoms in total. The van der Waals surface area contributed by atoms with E-state index in [9.17, 15) is 9.59 Å². The third-order valence-corrected chi connectivity index (χ3v) is 5.71. The third kappa shape index (κ3) is 4.01. The Balaban J connectivity index is 1.92. The quantitative estimate of drug-likeness (QED) is 0.768. The van der Waals surface area contributed by atoms with Crippen molar-refractivity contribution in [3.05, 3.63) is 45.1 Å². The summed E-state index contributed by atoms with van der Waals surface area (Å²) in [4.78, 5) is 24.9. The highest BCUT2D eigenvalue weighted by molar-refractivity contribution is 6.42. The summed E-state index contributed by atoms with van der Waals surface area (Å²) < 4.78 is 5.73. The molecule has 3 rings (SSSR count). The number of ether oxygens (including phenoxy) is 1. The van der Waals surface area contributed by atoms with Crippen molar-refractivity contribution in [3.8, 4) is 0 Å². The Kier molecular flexibility index (Phi) is 5.70. The number of rotatable bonds is 3. The zero-order valence-electron chi connectivity index (χ0n) is 14.1. The predicted octanol–water partition coefficient (Wildman–Crippen LogP) is 4.75. The van der Waals surface area contributed by atoms with Gasteiger partial charge in [-0.05, 0) is 44.2 Å². The fourth-order valence-electron chi connectivity index (χ4n) is 3.62. The van der Waals surface area contributed by atoms with E-state index in [0.29, 0.717) is 26.9 Å². The van der Waals surface area contributed by atoms with Crippen molar-refractivity contribution < 1.29 is 14.3 Å². The van der Waals surface area contributed by atoms with Gasteiger partial charge >= 0.3 is 5.97 Å². The number of halogens is 2. The predicted molar refractivity (Wildman–Crippen MR) is 97.6 cm³/mol. The van der Waals surface area contributed by atoms with E-state index in [1.54, 1.807) is 25.1 Å². The second-order valence-corrected chi connectivity index (χ2v) is 7.44. The van der Waals surface area contributed by atoms with Crippen molar-refractivity contribution >= 4 is 35.1 Å². The van der Waals surface area contributed by atoms with Crippen LogP contribution in [0.25, 0.3) is 0 Å². The molecule has 1 fully saturated rings. The van der Waals surface area contributed by atoms with Crippen molar-refractivity contribution in [3.63, 3.8) is 0 Å². The highest BCUT2D eigenvalue weighted by atomic mass is 35.5. The first-order valence-corrected chi connectivity index (χ1v) is 9.38. The molecule has 2 aliphatic rings. The van der Waals surface area contributed by atoms with E-state index in [4.69, 9.17) is 27.9 Å². The van der Waals surface area contributed by atoms with Gasteiger partial charge in [0.25, 0.3) is 0 Å². The van der Waals surface area contributed by atoms with Crippen LogP contribution >= 0.6 is 23.2 Å². The smallest absolute Gasteiger partial charge is 0.336 e. The van der Waals surface area contributed by atoms with Crippen LogP contribution in [0.4, 0.5) is 0 Å². The maximum Gasteiger partial charge on any atom is 0.336 e. The van der Waals surface area contributed by atoms with Crippen molar-refractivity contribution in [2.45, 2.75) is 57.5 Å². The van der Waals surface area contributed by atoms with Gasteiger partial charge in [-0.2, -0.15) is 0 Å². The molecule has 134 valence electrons. The first-order chi connectivity index (χ1) is 12.0. The molecule has 25 heavy (non-hydrogen) atoms.